The Morgan fingerprint density at radius 2 is 0.941 bits per heavy atom. The zero-order chi connectivity index (χ0) is 12.6. The average molecular weight is 289 g/mol. The fourth-order valence-corrected chi connectivity index (χ4v) is 19.8. The minimum absolute atomic E-state index is 0.534. The highest BCUT2D eigenvalue weighted by molar-refractivity contribution is 7.29. The summed E-state index contributed by atoms with van der Waals surface area (Å²) in [5, 5.41) is 0. The van der Waals surface area contributed by atoms with Gasteiger partial charge in [-0.3, -0.25) is 0 Å². The first-order chi connectivity index (χ1) is 8.41. The molecule has 0 unspecified atom stereocenters. The van der Waals surface area contributed by atoms with Gasteiger partial charge in [0, 0.05) is 18.1 Å². The van der Waals surface area contributed by atoms with Gasteiger partial charge in [-0.2, -0.15) is 0 Å². The molecular formula is C14H36Si3. The normalized spacial score (nSPS) is 13.1. The molecule has 0 N–H and O–H groups in total. The summed E-state index contributed by atoms with van der Waals surface area (Å²) in [4.78, 5) is 0. The Balaban J connectivity index is 2.85. The Morgan fingerprint density at radius 1 is 0.529 bits per heavy atom. The van der Waals surface area contributed by atoms with E-state index >= 15 is 0 Å². The van der Waals surface area contributed by atoms with E-state index in [0.29, 0.717) is 26.6 Å². The molecule has 0 amide bonds. The van der Waals surface area contributed by atoms with Crippen LogP contribution in [0.5, 0.6) is 0 Å². The van der Waals surface area contributed by atoms with Gasteiger partial charge in [-0.15, -0.1) is 0 Å². The largest absolute Gasteiger partial charge is 0.0654 e. The molecule has 3 heteroatoms. The highest BCUT2D eigenvalue weighted by Gasteiger charge is 1.94. The summed E-state index contributed by atoms with van der Waals surface area (Å²) < 4.78 is 0. The van der Waals surface area contributed by atoms with E-state index in [9.17, 15) is 0 Å². The second kappa shape index (κ2) is 16.7. The molecule has 0 aliphatic heterocycles. The van der Waals surface area contributed by atoms with E-state index in [0.717, 1.165) is 0 Å². The van der Waals surface area contributed by atoms with E-state index in [2.05, 4.69) is 13.8 Å². The molecule has 0 saturated heterocycles. The van der Waals surface area contributed by atoms with Crippen LogP contribution in [0.15, 0.2) is 0 Å². The van der Waals surface area contributed by atoms with Crippen LogP contribution in [0.4, 0.5) is 0 Å². The lowest BCUT2D eigenvalue weighted by atomic mass is 10.2. The summed E-state index contributed by atoms with van der Waals surface area (Å²) in [5.41, 5.74) is 0. The van der Waals surface area contributed by atoms with Gasteiger partial charge in [0.25, 0.3) is 0 Å². The number of unbranched alkanes of at least 4 members (excludes halogenated alkanes) is 8. The van der Waals surface area contributed by atoms with Crippen LogP contribution >= 0.6 is 0 Å². The molecule has 0 radical (unpaired) electrons. The standard InChI is InChI=1S/C14H36Si3/c1-3-5-7-9-11-13-15-17-16-14-12-10-8-6-4-2/h3-17H2,1-2H3. The SMILES string of the molecule is CCCCCCC[SiH2][SiH2][SiH2]CCCCCCC. The third kappa shape index (κ3) is 16.7. The molecule has 17 heavy (non-hydrogen) atoms. The van der Waals surface area contributed by atoms with Gasteiger partial charge in [0.15, 0.2) is 0 Å². The third-order valence-corrected chi connectivity index (χ3v) is 21.7. The molecule has 0 nitrogen and oxygen atoms in total. The van der Waals surface area contributed by atoms with E-state index in [4.69, 9.17) is 0 Å². The maximum atomic E-state index is 2.31. The molecule has 0 aromatic heterocycles. The van der Waals surface area contributed by atoms with Gasteiger partial charge in [0.05, 0.1) is 0 Å². The second-order valence-corrected chi connectivity index (χ2v) is 21.9. The summed E-state index contributed by atoms with van der Waals surface area (Å²) in [6.45, 7) is 4.63. The Labute approximate surface area is 117 Å². The predicted molar refractivity (Wildman–Crippen MR) is 92.8 cm³/mol. The molecule has 0 bridgehead atoms. The Hall–Kier alpha value is 0.651. The van der Waals surface area contributed by atoms with E-state index in [1.807, 2.05) is 0 Å². The Bertz CT molecular complexity index is 115. The van der Waals surface area contributed by atoms with Gasteiger partial charge in [-0.05, 0) is 8.55 Å². The van der Waals surface area contributed by atoms with Crippen LogP contribution in [-0.2, 0) is 0 Å². The first-order valence-corrected chi connectivity index (χ1v) is 18.4. The van der Waals surface area contributed by atoms with Crippen LogP contribution < -0.4 is 0 Å². The van der Waals surface area contributed by atoms with Crippen molar-refractivity contribution in [2.24, 2.45) is 0 Å². The van der Waals surface area contributed by atoms with Gasteiger partial charge in [-0.1, -0.05) is 90.1 Å². The molecule has 0 aliphatic carbocycles. The van der Waals surface area contributed by atoms with Crippen molar-refractivity contribution in [3.63, 3.8) is 0 Å². The zero-order valence-electron chi connectivity index (χ0n) is 12.6. The lowest BCUT2D eigenvalue weighted by Gasteiger charge is -2.01. The monoisotopic (exact) mass is 288 g/mol. The number of rotatable bonds is 14. The molecule has 0 fully saturated rings. The number of hydrogen-bond acceptors (Lipinski definition) is 0. The average Bonchev–Trinajstić information content (AvgIpc) is 2.35. The Morgan fingerprint density at radius 3 is 1.35 bits per heavy atom. The van der Waals surface area contributed by atoms with Crippen molar-refractivity contribution in [2.75, 3.05) is 0 Å². The molecule has 104 valence electrons. The second-order valence-electron chi connectivity index (χ2n) is 5.60. The molecule has 0 heterocycles. The number of hydrogen-bond donors (Lipinski definition) is 0. The van der Waals surface area contributed by atoms with Gasteiger partial charge >= 0.3 is 0 Å². The van der Waals surface area contributed by atoms with Crippen molar-refractivity contribution in [1.29, 1.82) is 0 Å². The van der Waals surface area contributed by atoms with E-state index in [1.165, 1.54) is 38.5 Å². The first kappa shape index (κ1) is 17.7. The highest BCUT2D eigenvalue weighted by Crippen LogP contribution is 2.05. The lowest BCUT2D eigenvalue weighted by molar-refractivity contribution is 0.655. The van der Waals surface area contributed by atoms with Crippen molar-refractivity contribution in [1.82, 2.24) is 0 Å². The van der Waals surface area contributed by atoms with Crippen molar-refractivity contribution in [3.8, 4) is 0 Å². The molecule has 0 atom stereocenters. The Kier molecular flexibility index (Phi) is 17.3. The van der Waals surface area contributed by atoms with Crippen molar-refractivity contribution in [2.45, 2.75) is 90.1 Å². The van der Waals surface area contributed by atoms with Crippen molar-refractivity contribution >= 4 is 26.6 Å². The smallest absolute Gasteiger partial charge is 0.00493 e. The summed E-state index contributed by atoms with van der Waals surface area (Å²) in [6, 6.07) is 3.44. The summed E-state index contributed by atoms with van der Waals surface area (Å²) in [7, 11) is 1.68. The maximum Gasteiger partial charge on any atom is 0.00493 e. The predicted octanol–water partition coefficient (Wildman–Crippen LogP) is 3.10. The van der Waals surface area contributed by atoms with Crippen LogP contribution in [0.1, 0.15) is 78.1 Å². The molecule has 0 aromatic rings. The van der Waals surface area contributed by atoms with Crippen LogP contribution in [-0.4, -0.2) is 26.6 Å². The summed E-state index contributed by atoms with van der Waals surface area (Å²) in [5.74, 6) is 0. The molecule has 0 saturated carbocycles. The lowest BCUT2D eigenvalue weighted by Crippen LogP contribution is -2.11. The van der Waals surface area contributed by atoms with Gasteiger partial charge < -0.3 is 0 Å². The molecule has 0 aliphatic rings. The van der Waals surface area contributed by atoms with Gasteiger partial charge in [0.2, 0.25) is 0 Å². The van der Waals surface area contributed by atoms with Crippen molar-refractivity contribution < 1.29 is 0 Å². The maximum absolute atomic E-state index is 2.31. The van der Waals surface area contributed by atoms with Crippen LogP contribution in [0.2, 0.25) is 12.1 Å². The van der Waals surface area contributed by atoms with Crippen molar-refractivity contribution in [3.05, 3.63) is 0 Å². The fraction of sp³-hybridized carbons (Fsp3) is 1.00. The zero-order valence-corrected chi connectivity index (χ0v) is 16.8. The van der Waals surface area contributed by atoms with Gasteiger partial charge in [0.1, 0.15) is 0 Å². The van der Waals surface area contributed by atoms with Crippen LogP contribution in [0.25, 0.3) is 0 Å². The molecule has 0 rings (SSSR count). The molecular weight excluding hydrogens is 252 g/mol. The topological polar surface area (TPSA) is 0 Å². The molecule has 0 aromatic carbocycles. The highest BCUT2D eigenvalue weighted by atomic mass is 29.5. The van der Waals surface area contributed by atoms with E-state index in [1.54, 1.807) is 37.8 Å². The fourth-order valence-electron chi connectivity index (χ4n) is 2.44. The minimum atomic E-state index is 0.534. The van der Waals surface area contributed by atoms with E-state index < -0.39 is 0 Å². The minimum Gasteiger partial charge on any atom is -0.0654 e. The van der Waals surface area contributed by atoms with Gasteiger partial charge in [-0.25, -0.2) is 0 Å². The first-order valence-electron chi connectivity index (χ1n) is 8.41. The third-order valence-electron chi connectivity index (χ3n) is 3.71. The van der Waals surface area contributed by atoms with E-state index in [-0.39, 0.29) is 0 Å². The quantitative estimate of drug-likeness (QED) is 0.340. The molecule has 0 spiro atoms. The van der Waals surface area contributed by atoms with Crippen LogP contribution in [0, 0.1) is 0 Å². The van der Waals surface area contributed by atoms with Crippen LogP contribution in [0.3, 0.4) is 0 Å². The summed E-state index contributed by atoms with van der Waals surface area (Å²) >= 11 is 0. The summed E-state index contributed by atoms with van der Waals surface area (Å²) in [6.07, 6.45) is 15.1.